The van der Waals surface area contributed by atoms with Gasteiger partial charge in [0.2, 0.25) is 5.91 Å². The van der Waals surface area contributed by atoms with Crippen molar-refractivity contribution in [3.63, 3.8) is 0 Å². The molecule has 5 heteroatoms. The minimum absolute atomic E-state index is 0.0744. The topological polar surface area (TPSA) is 58.4 Å². The fourth-order valence-electron chi connectivity index (χ4n) is 2.47. The molecule has 3 N–H and O–H groups in total. The predicted octanol–water partition coefficient (Wildman–Crippen LogP) is 1.62. The van der Waals surface area contributed by atoms with Crippen LogP contribution in [-0.4, -0.2) is 25.5 Å². The van der Waals surface area contributed by atoms with Crippen molar-refractivity contribution >= 4 is 27.5 Å². The maximum absolute atomic E-state index is 11.9. The maximum Gasteiger partial charge on any atom is 0.242 e. The van der Waals surface area contributed by atoms with E-state index in [0.717, 1.165) is 35.1 Å². The molecule has 18 heavy (non-hydrogen) atoms. The first-order chi connectivity index (χ1) is 8.67. The van der Waals surface area contributed by atoms with Gasteiger partial charge in [0, 0.05) is 30.3 Å². The first-order valence-electron chi connectivity index (χ1n) is 6.14. The van der Waals surface area contributed by atoms with Crippen molar-refractivity contribution < 1.29 is 4.79 Å². The molecule has 1 aromatic rings. The molecule has 1 fully saturated rings. The normalized spacial score (nSPS) is 19.1. The second-order valence-corrected chi connectivity index (χ2v) is 5.36. The lowest BCUT2D eigenvalue weighted by molar-refractivity contribution is -0.121. The molecule has 0 radical (unpaired) electrons. The van der Waals surface area contributed by atoms with Crippen LogP contribution in [0.1, 0.15) is 18.4 Å². The van der Waals surface area contributed by atoms with Crippen molar-refractivity contribution in [1.82, 2.24) is 5.32 Å². The lowest BCUT2D eigenvalue weighted by Crippen LogP contribution is -2.42. The van der Waals surface area contributed by atoms with E-state index in [0.29, 0.717) is 6.54 Å². The van der Waals surface area contributed by atoms with Crippen LogP contribution < -0.4 is 16.0 Å². The molecule has 0 aliphatic carbocycles. The number of anilines is 1. The molecule has 1 aliphatic rings. The van der Waals surface area contributed by atoms with Gasteiger partial charge in [-0.3, -0.25) is 4.79 Å². The van der Waals surface area contributed by atoms with E-state index in [1.807, 2.05) is 18.2 Å². The fraction of sp³-hybridized carbons (Fsp3) is 0.462. The third-order valence-electron chi connectivity index (χ3n) is 3.38. The van der Waals surface area contributed by atoms with Gasteiger partial charge in [0.05, 0.1) is 0 Å². The number of nitrogens with one attached hydrogen (secondary N) is 1. The molecule has 0 aromatic heterocycles. The molecule has 1 saturated heterocycles. The Hall–Kier alpha value is -1.07. The Balaban J connectivity index is 2.35. The van der Waals surface area contributed by atoms with Gasteiger partial charge in [0.15, 0.2) is 0 Å². The highest BCUT2D eigenvalue weighted by atomic mass is 79.9. The summed E-state index contributed by atoms with van der Waals surface area (Å²) in [5, 5.41) is 2.74. The van der Waals surface area contributed by atoms with Crippen LogP contribution in [0.2, 0.25) is 0 Å². The second kappa shape index (κ2) is 5.71. The highest BCUT2D eigenvalue weighted by Crippen LogP contribution is 2.31. The Morgan fingerprint density at radius 1 is 1.61 bits per heavy atom. The zero-order chi connectivity index (χ0) is 13.1. The molecule has 0 bridgehead atoms. The van der Waals surface area contributed by atoms with Crippen molar-refractivity contribution in [3.8, 4) is 0 Å². The van der Waals surface area contributed by atoms with E-state index in [4.69, 9.17) is 5.73 Å². The molecule has 98 valence electrons. The molecule has 4 nitrogen and oxygen atoms in total. The lowest BCUT2D eigenvalue weighted by atomic mass is 10.1. The average molecular weight is 312 g/mol. The highest BCUT2D eigenvalue weighted by Gasteiger charge is 2.31. The van der Waals surface area contributed by atoms with Gasteiger partial charge < -0.3 is 16.0 Å². The summed E-state index contributed by atoms with van der Waals surface area (Å²) in [6.07, 6.45) is 1.94. The number of benzene rings is 1. The third kappa shape index (κ3) is 2.52. The Morgan fingerprint density at radius 2 is 2.39 bits per heavy atom. The number of carbonyl (C=O) groups is 1. The van der Waals surface area contributed by atoms with E-state index in [2.05, 4.69) is 26.1 Å². The summed E-state index contributed by atoms with van der Waals surface area (Å²) in [5.41, 5.74) is 7.93. The van der Waals surface area contributed by atoms with Crippen LogP contribution in [0, 0.1) is 0 Å². The van der Waals surface area contributed by atoms with Gasteiger partial charge >= 0.3 is 0 Å². The molecule has 0 spiro atoms. The summed E-state index contributed by atoms with van der Waals surface area (Å²) in [7, 11) is 1.68. The number of nitrogens with two attached hydrogens (primary N) is 1. The smallest absolute Gasteiger partial charge is 0.242 e. The van der Waals surface area contributed by atoms with Crippen molar-refractivity contribution in [2.45, 2.75) is 25.4 Å². The summed E-state index contributed by atoms with van der Waals surface area (Å²) in [5.74, 6) is 0.0791. The van der Waals surface area contributed by atoms with Crippen molar-refractivity contribution in [1.29, 1.82) is 0 Å². The second-order valence-electron chi connectivity index (χ2n) is 4.44. The predicted molar refractivity (Wildman–Crippen MR) is 76.5 cm³/mol. The number of carbonyl (C=O) groups excluding carboxylic acids is 1. The van der Waals surface area contributed by atoms with Gasteiger partial charge in [-0.05, 0) is 30.5 Å². The van der Waals surface area contributed by atoms with Gasteiger partial charge in [-0.15, -0.1) is 0 Å². The number of hydrogen-bond acceptors (Lipinski definition) is 3. The van der Waals surface area contributed by atoms with E-state index < -0.39 is 0 Å². The Morgan fingerprint density at radius 3 is 3.06 bits per heavy atom. The number of hydrogen-bond donors (Lipinski definition) is 2. The molecule has 2 rings (SSSR count). The highest BCUT2D eigenvalue weighted by molar-refractivity contribution is 9.10. The monoisotopic (exact) mass is 311 g/mol. The summed E-state index contributed by atoms with van der Waals surface area (Å²) >= 11 is 3.48. The molecule has 1 aromatic carbocycles. The van der Waals surface area contributed by atoms with E-state index in [1.165, 1.54) is 0 Å². The van der Waals surface area contributed by atoms with Crippen LogP contribution in [0.15, 0.2) is 22.7 Å². The summed E-state index contributed by atoms with van der Waals surface area (Å²) in [6.45, 7) is 1.39. The summed E-state index contributed by atoms with van der Waals surface area (Å²) in [6, 6.07) is 5.97. The minimum Gasteiger partial charge on any atom is -0.359 e. The Labute approximate surface area is 116 Å². The van der Waals surface area contributed by atoms with Crippen LogP contribution in [0.4, 0.5) is 5.69 Å². The van der Waals surface area contributed by atoms with E-state index in [-0.39, 0.29) is 11.9 Å². The van der Waals surface area contributed by atoms with Crippen LogP contribution in [0.3, 0.4) is 0 Å². The molecular formula is C13H18BrN3O. The van der Waals surface area contributed by atoms with E-state index in [1.54, 1.807) is 7.05 Å². The lowest BCUT2D eigenvalue weighted by Gasteiger charge is -2.27. The van der Waals surface area contributed by atoms with Gasteiger partial charge in [-0.2, -0.15) is 0 Å². The number of halogens is 1. The quantitative estimate of drug-likeness (QED) is 0.892. The van der Waals surface area contributed by atoms with Gasteiger partial charge in [0.1, 0.15) is 6.04 Å². The van der Waals surface area contributed by atoms with Crippen molar-refractivity contribution in [3.05, 3.63) is 28.2 Å². The maximum atomic E-state index is 11.9. The molecule has 1 amide bonds. The van der Waals surface area contributed by atoms with Crippen LogP contribution >= 0.6 is 15.9 Å². The number of nitrogens with zero attached hydrogens (tertiary/aromatic N) is 1. The van der Waals surface area contributed by atoms with Crippen molar-refractivity contribution in [2.75, 3.05) is 18.5 Å². The van der Waals surface area contributed by atoms with Crippen LogP contribution in [0.25, 0.3) is 0 Å². The summed E-state index contributed by atoms with van der Waals surface area (Å²) < 4.78 is 1.01. The van der Waals surface area contributed by atoms with Gasteiger partial charge in [-0.1, -0.05) is 22.0 Å². The van der Waals surface area contributed by atoms with Crippen LogP contribution in [-0.2, 0) is 11.3 Å². The third-order valence-corrected chi connectivity index (χ3v) is 3.87. The zero-order valence-electron chi connectivity index (χ0n) is 10.4. The zero-order valence-corrected chi connectivity index (χ0v) is 12.0. The largest absolute Gasteiger partial charge is 0.359 e. The van der Waals surface area contributed by atoms with Crippen molar-refractivity contribution in [2.24, 2.45) is 5.73 Å². The number of rotatable bonds is 3. The van der Waals surface area contributed by atoms with E-state index >= 15 is 0 Å². The van der Waals surface area contributed by atoms with Gasteiger partial charge in [0.25, 0.3) is 0 Å². The SMILES string of the molecule is CNC(=O)C1CCCN1c1cc(Br)ccc1CN. The molecule has 1 atom stereocenters. The molecule has 1 aliphatic heterocycles. The first kappa shape index (κ1) is 13.4. The van der Waals surface area contributed by atoms with Gasteiger partial charge in [-0.25, -0.2) is 0 Å². The molecule has 1 heterocycles. The Kier molecular flexibility index (Phi) is 4.24. The number of likely N-dealkylation sites (N-methyl/N-ethyl adjacent to an activating group) is 1. The fourth-order valence-corrected chi connectivity index (χ4v) is 2.82. The first-order valence-corrected chi connectivity index (χ1v) is 6.93. The summed E-state index contributed by atoms with van der Waals surface area (Å²) in [4.78, 5) is 14.0. The molecular weight excluding hydrogens is 294 g/mol. The van der Waals surface area contributed by atoms with E-state index in [9.17, 15) is 4.79 Å². The number of amides is 1. The standard InChI is InChI=1S/C13H18BrN3O/c1-16-13(18)11-3-2-6-17(11)12-7-10(14)5-4-9(12)8-15/h4-5,7,11H,2-3,6,8,15H2,1H3,(H,16,18). The average Bonchev–Trinajstić information content (AvgIpc) is 2.86. The molecule has 1 unspecified atom stereocenters. The molecule has 0 saturated carbocycles. The Bertz CT molecular complexity index is 450. The minimum atomic E-state index is -0.0744. The van der Waals surface area contributed by atoms with Crippen LogP contribution in [0.5, 0.6) is 0 Å².